The number of nitrogens with one attached hydrogen (secondary N) is 4. The molecular formula is C15H34N4. The number of rotatable bonds is 0. The van der Waals surface area contributed by atoms with Crippen LogP contribution in [0.25, 0.3) is 0 Å². The van der Waals surface area contributed by atoms with Crippen molar-refractivity contribution in [2.24, 2.45) is 0 Å². The fraction of sp³-hybridized carbons (Fsp3) is 1.00. The van der Waals surface area contributed by atoms with Crippen LogP contribution in [0.3, 0.4) is 0 Å². The monoisotopic (exact) mass is 270 g/mol. The van der Waals surface area contributed by atoms with Crippen LogP contribution in [0.2, 0.25) is 0 Å². The molecule has 0 bridgehead atoms. The summed E-state index contributed by atoms with van der Waals surface area (Å²) in [5.74, 6) is 0. The number of hydrogen-bond donors (Lipinski definition) is 4. The average Bonchev–Trinajstić information content (AvgIpc) is 2.27. The zero-order valence-corrected chi connectivity index (χ0v) is 13.5. The Balaban J connectivity index is 2.46. The van der Waals surface area contributed by atoms with Gasteiger partial charge in [-0.15, -0.1) is 0 Å². The van der Waals surface area contributed by atoms with Gasteiger partial charge in [0.1, 0.15) is 0 Å². The summed E-state index contributed by atoms with van der Waals surface area (Å²) in [6.07, 6.45) is 2.31. The molecule has 0 radical (unpaired) electrons. The van der Waals surface area contributed by atoms with Gasteiger partial charge < -0.3 is 21.3 Å². The summed E-state index contributed by atoms with van der Waals surface area (Å²) in [6, 6.07) is 0.545. The molecule has 0 spiro atoms. The van der Waals surface area contributed by atoms with E-state index in [2.05, 4.69) is 55.9 Å². The Labute approximate surface area is 119 Å². The molecule has 1 atom stereocenters. The minimum absolute atomic E-state index is 0.199. The van der Waals surface area contributed by atoms with E-state index in [1.807, 2.05) is 0 Å². The lowest BCUT2D eigenvalue weighted by Crippen LogP contribution is -2.50. The van der Waals surface area contributed by atoms with Gasteiger partial charge in [0.2, 0.25) is 0 Å². The molecule has 19 heavy (non-hydrogen) atoms. The van der Waals surface area contributed by atoms with Crippen LogP contribution < -0.4 is 21.3 Å². The van der Waals surface area contributed by atoms with Crippen molar-refractivity contribution in [3.05, 3.63) is 0 Å². The van der Waals surface area contributed by atoms with Crippen molar-refractivity contribution in [1.82, 2.24) is 21.3 Å². The van der Waals surface area contributed by atoms with Gasteiger partial charge in [-0.25, -0.2) is 0 Å². The van der Waals surface area contributed by atoms with E-state index in [0.29, 0.717) is 6.04 Å². The lowest BCUT2D eigenvalue weighted by atomic mass is 9.95. The summed E-state index contributed by atoms with van der Waals surface area (Å²) in [5.41, 5.74) is 0.416. The highest BCUT2D eigenvalue weighted by atomic mass is 15.0. The second-order valence-electron chi connectivity index (χ2n) is 7.18. The van der Waals surface area contributed by atoms with Gasteiger partial charge in [-0.3, -0.25) is 0 Å². The highest BCUT2D eigenvalue weighted by Crippen LogP contribution is 2.11. The smallest absolute Gasteiger partial charge is 0.0140 e. The quantitative estimate of drug-likeness (QED) is 0.532. The maximum atomic E-state index is 3.65. The first-order valence-corrected chi connectivity index (χ1v) is 7.75. The van der Waals surface area contributed by atoms with Gasteiger partial charge in [-0.05, 0) is 54.0 Å². The molecule has 1 rings (SSSR count). The van der Waals surface area contributed by atoms with Gasteiger partial charge >= 0.3 is 0 Å². The van der Waals surface area contributed by atoms with Crippen LogP contribution >= 0.6 is 0 Å². The van der Waals surface area contributed by atoms with E-state index < -0.39 is 0 Å². The third-order valence-electron chi connectivity index (χ3n) is 3.87. The Morgan fingerprint density at radius 3 is 2.16 bits per heavy atom. The standard InChI is InChI=1S/C15H34N4/c1-13-12-15(4,5)19-10-8-16-7-6-14(2,3)18-11-9-17-13/h13,16-19H,6-12H2,1-5H3/t13-/m1/s1. The summed E-state index contributed by atoms with van der Waals surface area (Å²) in [4.78, 5) is 0. The summed E-state index contributed by atoms with van der Waals surface area (Å²) in [6.45, 7) is 16.6. The Morgan fingerprint density at radius 2 is 1.42 bits per heavy atom. The molecule has 4 nitrogen and oxygen atoms in total. The van der Waals surface area contributed by atoms with E-state index in [0.717, 1.165) is 45.6 Å². The van der Waals surface area contributed by atoms with Gasteiger partial charge in [0.05, 0.1) is 0 Å². The zero-order valence-electron chi connectivity index (χ0n) is 13.5. The molecule has 4 heteroatoms. The molecule has 1 saturated heterocycles. The first-order chi connectivity index (χ1) is 8.81. The van der Waals surface area contributed by atoms with Crippen molar-refractivity contribution >= 4 is 0 Å². The summed E-state index contributed by atoms with van der Waals surface area (Å²) in [7, 11) is 0. The first kappa shape index (κ1) is 16.9. The van der Waals surface area contributed by atoms with Crippen LogP contribution in [0.4, 0.5) is 0 Å². The largest absolute Gasteiger partial charge is 0.315 e. The molecule has 1 aliphatic heterocycles. The predicted octanol–water partition coefficient (Wildman–Crippen LogP) is 1.08. The van der Waals surface area contributed by atoms with Gasteiger partial charge in [-0.2, -0.15) is 0 Å². The lowest BCUT2D eigenvalue weighted by molar-refractivity contribution is 0.300. The third-order valence-corrected chi connectivity index (χ3v) is 3.87. The second-order valence-corrected chi connectivity index (χ2v) is 7.18. The molecule has 0 aromatic heterocycles. The SMILES string of the molecule is C[C@@H]1CC(C)(C)NCCNCCC(C)(C)NCCN1. The van der Waals surface area contributed by atoms with E-state index in [9.17, 15) is 0 Å². The van der Waals surface area contributed by atoms with Crippen LogP contribution in [0.15, 0.2) is 0 Å². The Kier molecular flexibility index (Phi) is 6.74. The molecule has 0 aromatic carbocycles. The van der Waals surface area contributed by atoms with Gasteiger partial charge in [0.15, 0.2) is 0 Å². The van der Waals surface area contributed by atoms with E-state index in [1.165, 1.54) is 0 Å². The van der Waals surface area contributed by atoms with Crippen molar-refractivity contribution in [2.45, 2.75) is 64.6 Å². The van der Waals surface area contributed by atoms with Crippen molar-refractivity contribution < 1.29 is 0 Å². The Bertz CT molecular complexity index is 251. The van der Waals surface area contributed by atoms with Crippen LogP contribution in [0.5, 0.6) is 0 Å². The van der Waals surface area contributed by atoms with Crippen LogP contribution in [0, 0.1) is 0 Å². The Morgan fingerprint density at radius 1 is 0.789 bits per heavy atom. The van der Waals surface area contributed by atoms with Gasteiger partial charge in [-0.1, -0.05) is 0 Å². The van der Waals surface area contributed by atoms with Crippen molar-refractivity contribution in [3.8, 4) is 0 Å². The van der Waals surface area contributed by atoms with E-state index in [-0.39, 0.29) is 11.1 Å². The van der Waals surface area contributed by atoms with Crippen molar-refractivity contribution in [2.75, 3.05) is 32.7 Å². The first-order valence-electron chi connectivity index (χ1n) is 7.75. The Hall–Kier alpha value is -0.160. The second kappa shape index (κ2) is 7.58. The normalized spacial score (nSPS) is 30.5. The van der Waals surface area contributed by atoms with E-state index >= 15 is 0 Å². The molecule has 1 aliphatic rings. The summed E-state index contributed by atoms with van der Waals surface area (Å²) >= 11 is 0. The fourth-order valence-corrected chi connectivity index (χ4v) is 2.73. The highest BCUT2D eigenvalue weighted by molar-refractivity contribution is 4.84. The van der Waals surface area contributed by atoms with Crippen LogP contribution in [-0.4, -0.2) is 49.8 Å². The number of hydrogen-bond acceptors (Lipinski definition) is 4. The van der Waals surface area contributed by atoms with Gasteiger partial charge in [0, 0.05) is 43.3 Å². The zero-order chi connectivity index (χ0) is 14.4. The van der Waals surface area contributed by atoms with Crippen molar-refractivity contribution in [3.63, 3.8) is 0 Å². The predicted molar refractivity (Wildman–Crippen MR) is 83.7 cm³/mol. The molecule has 0 saturated carbocycles. The highest BCUT2D eigenvalue weighted by Gasteiger charge is 2.21. The molecule has 114 valence electrons. The fourth-order valence-electron chi connectivity index (χ4n) is 2.73. The summed E-state index contributed by atoms with van der Waals surface area (Å²) < 4.78 is 0. The lowest BCUT2D eigenvalue weighted by Gasteiger charge is -2.32. The molecular weight excluding hydrogens is 236 g/mol. The van der Waals surface area contributed by atoms with Crippen molar-refractivity contribution in [1.29, 1.82) is 0 Å². The maximum Gasteiger partial charge on any atom is 0.0140 e. The van der Waals surface area contributed by atoms with Crippen LogP contribution in [0.1, 0.15) is 47.5 Å². The molecule has 0 aliphatic carbocycles. The maximum absolute atomic E-state index is 3.65. The van der Waals surface area contributed by atoms with Gasteiger partial charge in [0.25, 0.3) is 0 Å². The third kappa shape index (κ3) is 7.88. The minimum atomic E-state index is 0.199. The summed E-state index contributed by atoms with van der Waals surface area (Å²) in [5, 5.41) is 14.4. The minimum Gasteiger partial charge on any atom is -0.315 e. The molecule has 1 fully saturated rings. The molecule has 1 heterocycles. The molecule has 0 amide bonds. The topological polar surface area (TPSA) is 48.1 Å². The molecule has 0 aromatic rings. The van der Waals surface area contributed by atoms with E-state index in [1.54, 1.807) is 0 Å². The molecule has 0 unspecified atom stereocenters. The van der Waals surface area contributed by atoms with Crippen LogP contribution in [-0.2, 0) is 0 Å². The van der Waals surface area contributed by atoms with E-state index in [4.69, 9.17) is 0 Å². The molecule has 4 N–H and O–H groups in total. The average molecular weight is 270 g/mol.